The van der Waals surface area contributed by atoms with Gasteiger partial charge in [0, 0.05) is 10.9 Å². The van der Waals surface area contributed by atoms with Crippen LogP contribution in [0.2, 0.25) is 5.02 Å². The zero-order valence-corrected chi connectivity index (χ0v) is 19.4. The minimum atomic E-state index is -4.02. The van der Waals surface area contributed by atoms with E-state index in [0.29, 0.717) is 5.69 Å². The Labute approximate surface area is 187 Å². The molecule has 10 heteroatoms. The van der Waals surface area contributed by atoms with Gasteiger partial charge in [-0.2, -0.15) is 0 Å². The molecule has 0 saturated heterocycles. The number of anilines is 2. The molecule has 3 rings (SSSR count). The molecule has 2 unspecified atom stereocenters. The maximum Gasteiger partial charge on any atom is 0.264 e. The zero-order chi connectivity index (χ0) is 23.0. The van der Waals surface area contributed by atoms with Crippen molar-refractivity contribution in [2.75, 3.05) is 22.8 Å². The van der Waals surface area contributed by atoms with Gasteiger partial charge >= 0.3 is 0 Å². The van der Waals surface area contributed by atoms with Crippen LogP contribution >= 0.6 is 11.6 Å². The number of benzene rings is 1. The van der Waals surface area contributed by atoms with Crippen LogP contribution < -0.4 is 14.4 Å². The molecule has 168 valence electrons. The monoisotopic (exact) mass is 467 g/mol. The number of amides is 1. The van der Waals surface area contributed by atoms with Crippen molar-refractivity contribution in [3.8, 4) is 5.88 Å². The molecule has 0 radical (unpaired) electrons. The molecule has 0 aliphatic carbocycles. The van der Waals surface area contributed by atoms with Crippen LogP contribution in [-0.2, 0) is 14.8 Å². The molecule has 2 N–H and O–H groups in total. The van der Waals surface area contributed by atoms with Crippen molar-refractivity contribution in [3.63, 3.8) is 0 Å². The Morgan fingerprint density at radius 3 is 2.71 bits per heavy atom. The van der Waals surface area contributed by atoms with Crippen LogP contribution in [0.1, 0.15) is 27.7 Å². The lowest BCUT2D eigenvalue weighted by atomic mass is 9.81. The van der Waals surface area contributed by atoms with Gasteiger partial charge in [-0.05, 0) is 29.7 Å². The summed E-state index contributed by atoms with van der Waals surface area (Å²) in [6.07, 6.45) is 0.617. The number of ether oxygens (including phenoxy) is 1. The molecule has 1 aromatic carbocycles. The first-order valence-electron chi connectivity index (χ1n) is 9.80. The van der Waals surface area contributed by atoms with Gasteiger partial charge in [0.05, 0.1) is 29.9 Å². The minimum Gasteiger partial charge on any atom is -0.468 e. The standard InChI is InChI=1S/C21H26ClN3O5S/c1-13(21(2,3)4)19(27)24-15-9-18-20(23-10-15)30-16(12-26)11-25(18)31(28,29)17-7-5-6-14(22)8-17/h5-10,13,16,26H,11-12H2,1-4H3,(H,24,27). The molecule has 0 bridgehead atoms. The predicted octanol–water partition coefficient (Wildman–Crippen LogP) is 3.30. The summed E-state index contributed by atoms with van der Waals surface area (Å²) in [4.78, 5) is 16.8. The average Bonchev–Trinajstić information content (AvgIpc) is 2.71. The van der Waals surface area contributed by atoms with E-state index in [-0.39, 0.29) is 51.9 Å². The van der Waals surface area contributed by atoms with E-state index in [1.54, 1.807) is 12.1 Å². The Morgan fingerprint density at radius 1 is 1.39 bits per heavy atom. The Morgan fingerprint density at radius 2 is 2.10 bits per heavy atom. The van der Waals surface area contributed by atoms with E-state index in [9.17, 15) is 18.3 Å². The lowest BCUT2D eigenvalue weighted by Crippen LogP contribution is -2.45. The van der Waals surface area contributed by atoms with Crippen LogP contribution in [0.3, 0.4) is 0 Å². The van der Waals surface area contributed by atoms with Crippen molar-refractivity contribution in [3.05, 3.63) is 41.6 Å². The van der Waals surface area contributed by atoms with Gasteiger partial charge in [-0.25, -0.2) is 13.4 Å². The first-order valence-corrected chi connectivity index (χ1v) is 11.6. The van der Waals surface area contributed by atoms with Gasteiger partial charge < -0.3 is 15.2 Å². The van der Waals surface area contributed by atoms with Crippen molar-refractivity contribution in [1.82, 2.24) is 4.98 Å². The average molecular weight is 468 g/mol. The molecule has 0 spiro atoms. The number of nitrogens with zero attached hydrogens (tertiary/aromatic N) is 2. The summed E-state index contributed by atoms with van der Waals surface area (Å²) in [5, 5.41) is 12.6. The number of carbonyl (C=O) groups excluding carboxylic acids is 1. The van der Waals surface area contributed by atoms with Crippen molar-refractivity contribution in [1.29, 1.82) is 0 Å². The second kappa shape index (κ2) is 8.64. The fourth-order valence-electron chi connectivity index (χ4n) is 2.98. The quantitative estimate of drug-likeness (QED) is 0.698. The molecule has 1 aliphatic rings. The Kier molecular flexibility index (Phi) is 6.50. The number of carbonyl (C=O) groups is 1. The Bertz CT molecular complexity index is 1080. The molecule has 1 aromatic heterocycles. The van der Waals surface area contributed by atoms with Gasteiger partial charge in [-0.3, -0.25) is 9.10 Å². The SMILES string of the molecule is CC(C(=O)Nc1cnc2c(c1)N(S(=O)(=O)c1cccc(Cl)c1)CC(CO)O2)C(C)(C)C. The van der Waals surface area contributed by atoms with E-state index < -0.39 is 16.1 Å². The number of aromatic nitrogens is 1. The smallest absolute Gasteiger partial charge is 0.264 e. The number of aliphatic hydroxyl groups is 1. The summed E-state index contributed by atoms with van der Waals surface area (Å²) in [5.41, 5.74) is 0.272. The number of rotatable bonds is 5. The normalized spacial score (nSPS) is 17.5. The number of sulfonamides is 1. The van der Waals surface area contributed by atoms with E-state index in [2.05, 4.69) is 10.3 Å². The largest absolute Gasteiger partial charge is 0.468 e. The molecule has 2 heterocycles. The second-order valence-corrected chi connectivity index (χ2v) is 10.8. The van der Waals surface area contributed by atoms with Gasteiger partial charge in [-0.1, -0.05) is 45.4 Å². The van der Waals surface area contributed by atoms with Crippen LogP contribution in [0.5, 0.6) is 5.88 Å². The third-order valence-corrected chi connectivity index (χ3v) is 7.31. The maximum absolute atomic E-state index is 13.4. The van der Waals surface area contributed by atoms with Crippen LogP contribution in [0.15, 0.2) is 41.4 Å². The molecule has 8 nitrogen and oxygen atoms in total. The predicted molar refractivity (Wildman–Crippen MR) is 119 cm³/mol. The first-order chi connectivity index (χ1) is 14.4. The Balaban J connectivity index is 2.00. The molecule has 0 saturated carbocycles. The first kappa shape index (κ1) is 23.3. The van der Waals surface area contributed by atoms with Crippen molar-refractivity contribution in [2.45, 2.75) is 38.7 Å². The van der Waals surface area contributed by atoms with Gasteiger partial charge in [-0.15, -0.1) is 0 Å². The second-order valence-electron chi connectivity index (χ2n) is 8.54. The fraction of sp³-hybridized carbons (Fsp3) is 0.429. The van der Waals surface area contributed by atoms with Crippen molar-refractivity contribution >= 4 is 38.9 Å². The number of hydrogen-bond donors (Lipinski definition) is 2. The number of hydrogen-bond acceptors (Lipinski definition) is 6. The highest BCUT2D eigenvalue weighted by Gasteiger charge is 2.36. The summed E-state index contributed by atoms with van der Waals surface area (Å²) in [5.74, 6) is -0.439. The number of fused-ring (bicyclic) bond motifs is 1. The molecule has 2 atom stereocenters. The third-order valence-electron chi connectivity index (χ3n) is 5.30. The lowest BCUT2D eigenvalue weighted by molar-refractivity contribution is -0.122. The number of pyridine rings is 1. The highest BCUT2D eigenvalue weighted by atomic mass is 35.5. The fourth-order valence-corrected chi connectivity index (χ4v) is 4.77. The van der Waals surface area contributed by atoms with Crippen LogP contribution in [0.4, 0.5) is 11.4 Å². The van der Waals surface area contributed by atoms with E-state index in [0.717, 1.165) is 4.31 Å². The summed E-state index contributed by atoms with van der Waals surface area (Å²) in [7, 11) is -4.02. The van der Waals surface area contributed by atoms with Gasteiger partial charge in [0.15, 0.2) is 0 Å². The highest BCUT2D eigenvalue weighted by molar-refractivity contribution is 7.92. The van der Waals surface area contributed by atoms with E-state index >= 15 is 0 Å². The van der Waals surface area contributed by atoms with Gasteiger partial charge in [0.1, 0.15) is 11.8 Å². The van der Waals surface area contributed by atoms with E-state index in [1.165, 1.54) is 24.4 Å². The lowest BCUT2D eigenvalue weighted by Gasteiger charge is -2.34. The molecule has 1 amide bonds. The maximum atomic E-state index is 13.4. The van der Waals surface area contributed by atoms with Crippen LogP contribution in [0, 0.1) is 11.3 Å². The van der Waals surface area contributed by atoms with Crippen molar-refractivity contribution < 1.29 is 23.1 Å². The van der Waals surface area contributed by atoms with Crippen molar-refractivity contribution in [2.24, 2.45) is 11.3 Å². The van der Waals surface area contributed by atoms with Crippen LogP contribution in [0.25, 0.3) is 0 Å². The summed E-state index contributed by atoms with van der Waals surface area (Å²) in [6.45, 7) is 7.21. The van der Waals surface area contributed by atoms with E-state index in [4.69, 9.17) is 16.3 Å². The summed E-state index contributed by atoms with van der Waals surface area (Å²) >= 11 is 5.99. The van der Waals surface area contributed by atoms with E-state index in [1.807, 2.05) is 27.7 Å². The van der Waals surface area contributed by atoms with Crippen LogP contribution in [-0.4, -0.2) is 43.7 Å². The Hall–Kier alpha value is -2.36. The minimum absolute atomic E-state index is 0.000309. The number of aliphatic hydroxyl groups excluding tert-OH is 1. The molecule has 2 aromatic rings. The zero-order valence-electron chi connectivity index (χ0n) is 17.8. The van der Waals surface area contributed by atoms with Gasteiger partial charge in [0.2, 0.25) is 11.8 Å². The third kappa shape index (κ3) is 4.94. The molecular formula is C21H26ClN3O5S. The summed E-state index contributed by atoms with van der Waals surface area (Å²) < 4.78 is 33.4. The highest BCUT2D eigenvalue weighted by Crippen LogP contribution is 2.37. The topological polar surface area (TPSA) is 109 Å². The number of halogens is 1. The molecule has 1 aliphatic heterocycles. The molecule has 31 heavy (non-hydrogen) atoms. The number of nitrogens with one attached hydrogen (secondary N) is 1. The molecular weight excluding hydrogens is 442 g/mol. The van der Waals surface area contributed by atoms with Gasteiger partial charge in [0.25, 0.3) is 10.0 Å². The summed E-state index contributed by atoms with van der Waals surface area (Å²) in [6, 6.07) is 7.42. The molecule has 0 fully saturated rings.